The predicted molar refractivity (Wildman–Crippen MR) is 132 cm³/mol. The van der Waals surface area contributed by atoms with Gasteiger partial charge in [0.2, 0.25) is 0 Å². The van der Waals surface area contributed by atoms with E-state index in [1.54, 1.807) is 13.4 Å². The van der Waals surface area contributed by atoms with Crippen molar-refractivity contribution < 1.29 is 4.74 Å². The van der Waals surface area contributed by atoms with Crippen LogP contribution in [-0.4, -0.2) is 40.9 Å². The van der Waals surface area contributed by atoms with E-state index in [9.17, 15) is 0 Å². The fourth-order valence-electron chi connectivity index (χ4n) is 3.74. The monoisotopic (exact) mass is 526 g/mol. The number of ether oxygens (including phenoxy) is 1. The van der Waals surface area contributed by atoms with Crippen molar-refractivity contribution in [1.29, 1.82) is 0 Å². The molecule has 166 valence electrons. The summed E-state index contributed by atoms with van der Waals surface area (Å²) < 4.78 is 7.33. The number of guanidine groups is 1. The maximum absolute atomic E-state index is 5.23. The van der Waals surface area contributed by atoms with Crippen LogP contribution in [0.3, 0.4) is 0 Å². The Morgan fingerprint density at radius 3 is 2.63 bits per heavy atom. The van der Waals surface area contributed by atoms with Gasteiger partial charge in [-0.1, -0.05) is 38.3 Å². The van der Waals surface area contributed by atoms with E-state index in [4.69, 9.17) is 9.73 Å². The zero-order valence-electron chi connectivity index (χ0n) is 18.1. The molecule has 0 unspecified atom stereocenters. The number of hydrogen-bond donors (Lipinski definition) is 2. The molecular formula is C22H35IN6O. The number of nitrogens with zero attached hydrogens (tertiary/aromatic N) is 4. The minimum Gasteiger partial charge on any atom is -0.497 e. The maximum Gasteiger partial charge on any atom is 0.191 e. The molecule has 7 nitrogen and oxygen atoms in total. The second-order valence-electron chi connectivity index (χ2n) is 7.62. The largest absolute Gasteiger partial charge is 0.497 e. The van der Waals surface area contributed by atoms with Gasteiger partial charge in [0, 0.05) is 26.1 Å². The lowest BCUT2D eigenvalue weighted by Gasteiger charge is -2.23. The van der Waals surface area contributed by atoms with E-state index in [1.165, 1.54) is 32.1 Å². The van der Waals surface area contributed by atoms with E-state index in [0.717, 1.165) is 55.1 Å². The highest BCUT2D eigenvalue weighted by Crippen LogP contribution is 2.22. The van der Waals surface area contributed by atoms with Gasteiger partial charge in [0.25, 0.3) is 0 Å². The number of aliphatic imine (C=N–C) groups is 1. The van der Waals surface area contributed by atoms with E-state index >= 15 is 0 Å². The molecule has 1 aliphatic carbocycles. The van der Waals surface area contributed by atoms with Crippen LogP contribution >= 0.6 is 24.0 Å². The van der Waals surface area contributed by atoms with Gasteiger partial charge in [-0.3, -0.25) is 0 Å². The lowest BCUT2D eigenvalue weighted by molar-refractivity contribution is 0.355. The summed E-state index contributed by atoms with van der Waals surface area (Å²) in [7, 11) is 1.68. The number of hydrogen-bond acceptors (Lipinski definition) is 4. The number of rotatable bonds is 9. The summed E-state index contributed by atoms with van der Waals surface area (Å²) in [6, 6.07) is 8.08. The normalized spacial score (nSPS) is 14.8. The molecule has 30 heavy (non-hydrogen) atoms. The van der Waals surface area contributed by atoms with Crippen molar-refractivity contribution in [3.63, 3.8) is 0 Å². The Bertz CT molecular complexity index is 755. The molecule has 0 spiro atoms. The van der Waals surface area contributed by atoms with Gasteiger partial charge >= 0.3 is 0 Å². The van der Waals surface area contributed by atoms with Crippen molar-refractivity contribution in [1.82, 2.24) is 25.4 Å². The summed E-state index contributed by atoms with van der Waals surface area (Å²) in [5, 5.41) is 15.2. The fourth-order valence-corrected chi connectivity index (χ4v) is 3.74. The summed E-state index contributed by atoms with van der Waals surface area (Å²) in [5.74, 6) is 3.50. The molecule has 1 aliphatic rings. The highest BCUT2D eigenvalue weighted by atomic mass is 127. The van der Waals surface area contributed by atoms with Gasteiger partial charge in [0.05, 0.1) is 13.7 Å². The van der Waals surface area contributed by atoms with Crippen LogP contribution in [-0.2, 0) is 19.5 Å². The SMILES string of the molecule is CCc1nncn1CCNC(=NCc1ccc(OC)cc1)NCC1CCCCC1.I. The molecule has 2 aromatic rings. The Labute approximate surface area is 197 Å². The van der Waals surface area contributed by atoms with Crippen molar-refractivity contribution in [2.24, 2.45) is 10.9 Å². The number of halogens is 1. The van der Waals surface area contributed by atoms with Gasteiger partial charge in [-0.15, -0.1) is 34.2 Å². The third-order valence-corrected chi connectivity index (χ3v) is 5.52. The maximum atomic E-state index is 5.23. The standard InChI is InChI=1S/C22H34N6O.HI/c1-3-21-27-26-17-28(21)14-13-23-22(24-15-18-7-5-4-6-8-18)25-16-19-9-11-20(29-2)12-10-19;/h9-12,17-18H,3-8,13-16H2,1-2H3,(H2,23,24,25);1H. The fraction of sp³-hybridized carbons (Fsp3) is 0.591. The summed E-state index contributed by atoms with van der Waals surface area (Å²) >= 11 is 0. The molecule has 8 heteroatoms. The summed E-state index contributed by atoms with van der Waals surface area (Å²) in [6.07, 6.45) is 9.41. The molecule has 0 atom stereocenters. The zero-order chi connectivity index (χ0) is 20.3. The Morgan fingerprint density at radius 2 is 1.93 bits per heavy atom. The molecule has 0 amide bonds. The van der Waals surface area contributed by atoms with Crippen LogP contribution in [0.2, 0.25) is 0 Å². The van der Waals surface area contributed by atoms with Crippen LogP contribution < -0.4 is 15.4 Å². The van der Waals surface area contributed by atoms with Gasteiger partial charge in [-0.25, -0.2) is 4.99 Å². The zero-order valence-corrected chi connectivity index (χ0v) is 20.5. The van der Waals surface area contributed by atoms with Crippen LogP contribution in [0.15, 0.2) is 35.6 Å². The van der Waals surface area contributed by atoms with Gasteiger partial charge in [0.1, 0.15) is 17.9 Å². The third kappa shape index (κ3) is 7.77. The van der Waals surface area contributed by atoms with E-state index in [-0.39, 0.29) is 24.0 Å². The molecule has 0 bridgehead atoms. The first-order chi connectivity index (χ1) is 14.3. The predicted octanol–water partition coefficient (Wildman–Crippen LogP) is 3.78. The van der Waals surface area contributed by atoms with E-state index in [0.29, 0.717) is 6.54 Å². The molecular weight excluding hydrogens is 491 g/mol. The summed E-state index contributed by atoms with van der Waals surface area (Å²) in [6.45, 7) is 5.33. The minimum atomic E-state index is 0. The Kier molecular flexibility index (Phi) is 11.0. The lowest BCUT2D eigenvalue weighted by atomic mass is 9.89. The van der Waals surface area contributed by atoms with Gasteiger partial charge in [0.15, 0.2) is 5.96 Å². The number of methoxy groups -OCH3 is 1. The summed E-state index contributed by atoms with van der Waals surface area (Å²) in [4.78, 5) is 4.81. The average Bonchev–Trinajstić information content (AvgIpc) is 3.24. The second kappa shape index (κ2) is 13.5. The molecule has 1 heterocycles. The van der Waals surface area contributed by atoms with Crippen molar-refractivity contribution in [2.45, 2.75) is 58.5 Å². The molecule has 1 fully saturated rings. The van der Waals surface area contributed by atoms with E-state index in [2.05, 4.69) is 44.5 Å². The highest BCUT2D eigenvalue weighted by Gasteiger charge is 2.13. The van der Waals surface area contributed by atoms with Crippen molar-refractivity contribution in [3.8, 4) is 5.75 Å². The van der Waals surface area contributed by atoms with Crippen LogP contribution in [0.25, 0.3) is 0 Å². The molecule has 0 aliphatic heterocycles. The lowest BCUT2D eigenvalue weighted by Crippen LogP contribution is -2.41. The van der Waals surface area contributed by atoms with E-state index < -0.39 is 0 Å². The molecule has 3 rings (SSSR count). The molecule has 1 aromatic heterocycles. The molecule has 2 N–H and O–H groups in total. The van der Waals surface area contributed by atoms with Crippen LogP contribution in [0.5, 0.6) is 5.75 Å². The van der Waals surface area contributed by atoms with Gasteiger partial charge in [-0.2, -0.15) is 0 Å². The smallest absolute Gasteiger partial charge is 0.191 e. The summed E-state index contributed by atoms with van der Waals surface area (Å²) in [5.41, 5.74) is 1.16. The van der Waals surface area contributed by atoms with Crippen molar-refractivity contribution in [2.75, 3.05) is 20.2 Å². The molecule has 0 saturated heterocycles. The highest BCUT2D eigenvalue weighted by molar-refractivity contribution is 14.0. The average molecular weight is 526 g/mol. The van der Waals surface area contributed by atoms with Crippen LogP contribution in [0.4, 0.5) is 0 Å². The number of aromatic nitrogens is 3. The molecule has 1 saturated carbocycles. The molecule has 1 aromatic carbocycles. The first kappa shape index (κ1) is 24.4. The molecule has 0 radical (unpaired) electrons. The first-order valence-electron chi connectivity index (χ1n) is 10.8. The van der Waals surface area contributed by atoms with Crippen LogP contribution in [0, 0.1) is 5.92 Å². The number of benzene rings is 1. The van der Waals surface area contributed by atoms with Crippen molar-refractivity contribution in [3.05, 3.63) is 42.0 Å². The van der Waals surface area contributed by atoms with E-state index in [1.807, 2.05) is 12.1 Å². The quantitative estimate of drug-likeness (QED) is 0.296. The Morgan fingerprint density at radius 1 is 1.17 bits per heavy atom. The first-order valence-corrected chi connectivity index (χ1v) is 10.8. The van der Waals surface area contributed by atoms with Crippen LogP contribution in [0.1, 0.15) is 50.4 Å². The van der Waals surface area contributed by atoms with Gasteiger partial charge in [-0.05, 0) is 36.5 Å². The number of aryl methyl sites for hydroxylation is 1. The minimum absolute atomic E-state index is 0. The van der Waals surface area contributed by atoms with Crippen molar-refractivity contribution >= 4 is 29.9 Å². The van der Waals surface area contributed by atoms with Gasteiger partial charge < -0.3 is 19.9 Å². The Balaban J connectivity index is 0.00000320. The Hall–Kier alpha value is -1.84. The second-order valence-corrected chi connectivity index (χ2v) is 7.62. The third-order valence-electron chi connectivity index (χ3n) is 5.52. The number of nitrogens with one attached hydrogen (secondary N) is 2. The topological polar surface area (TPSA) is 76.4 Å².